The van der Waals surface area contributed by atoms with Gasteiger partial charge >= 0.3 is 0 Å². The SMILES string of the molecule is CN1C(=O)[C@]2(Cl)C[C@@H]3C(=CC[C@@H]4C(=O)N(c5ccc(Br)cc5)C(=O)[C@@H]43)[C@H](c3ccc(CO)o3)[C@]2(Cl)C1=O. The molecule has 3 fully saturated rings. The van der Waals surface area contributed by atoms with E-state index in [0.29, 0.717) is 11.3 Å². The highest BCUT2D eigenvalue weighted by Crippen LogP contribution is 2.65. The summed E-state index contributed by atoms with van der Waals surface area (Å²) in [6, 6.07) is 10.0. The first kappa shape index (κ1) is 24.9. The number of carbonyl (C=O) groups excluding carboxylic acids is 4. The molecule has 0 spiro atoms. The Morgan fingerprint density at radius 1 is 1.03 bits per heavy atom. The number of fused-ring (bicyclic) bond motifs is 4. The van der Waals surface area contributed by atoms with E-state index < -0.39 is 45.2 Å². The number of aliphatic hydroxyl groups is 1. The molecule has 192 valence electrons. The molecular weight excluding hydrogens is 587 g/mol. The smallest absolute Gasteiger partial charge is 0.253 e. The van der Waals surface area contributed by atoms with Crippen LogP contribution in [0.5, 0.6) is 0 Å². The number of furan rings is 1. The van der Waals surface area contributed by atoms with Gasteiger partial charge in [-0.1, -0.05) is 27.6 Å². The third kappa shape index (κ3) is 3.11. The van der Waals surface area contributed by atoms with Crippen molar-refractivity contribution in [2.24, 2.45) is 17.8 Å². The van der Waals surface area contributed by atoms with Gasteiger partial charge in [0.15, 0.2) is 9.75 Å². The van der Waals surface area contributed by atoms with Gasteiger partial charge in [-0.15, -0.1) is 23.2 Å². The van der Waals surface area contributed by atoms with Crippen molar-refractivity contribution in [3.63, 3.8) is 0 Å². The van der Waals surface area contributed by atoms with Crippen molar-refractivity contribution < 1.29 is 28.7 Å². The molecular formula is C26H21BrCl2N2O6. The Hall–Kier alpha value is -2.46. The van der Waals surface area contributed by atoms with E-state index in [9.17, 15) is 24.3 Å². The van der Waals surface area contributed by atoms with Gasteiger partial charge in [-0.3, -0.25) is 29.0 Å². The molecule has 0 radical (unpaired) electrons. The van der Waals surface area contributed by atoms with Gasteiger partial charge in [0.25, 0.3) is 11.8 Å². The fourth-order valence-electron chi connectivity index (χ4n) is 6.54. The number of amides is 4. The van der Waals surface area contributed by atoms with E-state index in [1.54, 1.807) is 36.4 Å². The lowest BCUT2D eigenvalue weighted by molar-refractivity contribution is -0.138. The Bertz CT molecular complexity index is 1410. The molecule has 3 heterocycles. The van der Waals surface area contributed by atoms with Gasteiger partial charge < -0.3 is 9.52 Å². The number of alkyl halides is 2. The molecule has 1 aromatic carbocycles. The van der Waals surface area contributed by atoms with Gasteiger partial charge in [0, 0.05) is 11.5 Å². The minimum Gasteiger partial charge on any atom is -0.463 e. The average molecular weight is 608 g/mol. The van der Waals surface area contributed by atoms with Gasteiger partial charge in [-0.25, -0.2) is 0 Å². The van der Waals surface area contributed by atoms with Crippen LogP contribution in [0.1, 0.15) is 30.3 Å². The third-order valence-corrected chi connectivity index (χ3v) is 10.2. The molecule has 2 aromatic rings. The fourth-order valence-corrected chi connectivity index (χ4v) is 7.80. The van der Waals surface area contributed by atoms with Crippen molar-refractivity contribution in [1.29, 1.82) is 0 Å². The Balaban J connectivity index is 1.50. The van der Waals surface area contributed by atoms with E-state index in [1.165, 1.54) is 11.9 Å². The minimum absolute atomic E-state index is 0.0861. The summed E-state index contributed by atoms with van der Waals surface area (Å²) in [5.74, 6) is -4.52. The topological polar surface area (TPSA) is 108 Å². The number of benzene rings is 1. The van der Waals surface area contributed by atoms with Crippen LogP contribution in [-0.4, -0.2) is 50.4 Å². The van der Waals surface area contributed by atoms with Crippen molar-refractivity contribution in [3.05, 3.63) is 64.0 Å². The van der Waals surface area contributed by atoms with Gasteiger partial charge in [0.1, 0.15) is 18.1 Å². The second kappa shape index (κ2) is 8.27. The van der Waals surface area contributed by atoms with E-state index >= 15 is 0 Å². The maximum absolute atomic E-state index is 13.8. The van der Waals surface area contributed by atoms with Crippen molar-refractivity contribution in [2.45, 2.75) is 35.1 Å². The lowest BCUT2D eigenvalue weighted by Gasteiger charge is -2.49. The summed E-state index contributed by atoms with van der Waals surface area (Å²) in [6.07, 6.45) is 2.01. The first-order valence-electron chi connectivity index (χ1n) is 11.8. The molecule has 2 aliphatic heterocycles. The Morgan fingerprint density at radius 2 is 1.73 bits per heavy atom. The number of carbonyl (C=O) groups is 4. The number of aliphatic hydroxyl groups excluding tert-OH is 1. The van der Waals surface area contributed by atoms with Crippen LogP contribution >= 0.6 is 39.1 Å². The highest BCUT2D eigenvalue weighted by atomic mass is 79.9. The Labute approximate surface area is 230 Å². The molecule has 6 rings (SSSR count). The predicted molar refractivity (Wildman–Crippen MR) is 137 cm³/mol. The first-order chi connectivity index (χ1) is 17.5. The number of anilines is 1. The number of imide groups is 2. The largest absolute Gasteiger partial charge is 0.463 e. The monoisotopic (exact) mass is 606 g/mol. The Kier molecular flexibility index (Phi) is 5.55. The third-order valence-electron chi connectivity index (χ3n) is 8.22. The van der Waals surface area contributed by atoms with Crippen LogP contribution in [0, 0.1) is 17.8 Å². The van der Waals surface area contributed by atoms with Crippen LogP contribution in [0.3, 0.4) is 0 Å². The second-order valence-corrected chi connectivity index (χ2v) is 12.1. The molecule has 0 bridgehead atoms. The number of hydrogen-bond acceptors (Lipinski definition) is 6. The molecule has 1 saturated carbocycles. The minimum atomic E-state index is -1.91. The summed E-state index contributed by atoms with van der Waals surface area (Å²) >= 11 is 17.5. The van der Waals surface area contributed by atoms with Gasteiger partial charge in [0.05, 0.1) is 23.4 Å². The van der Waals surface area contributed by atoms with Crippen molar-refractivity contribution >= 4 is 68.4 Å². The average Bonchev–Trinajstić information content (AvgIpc) is 3.49. The second-order valence-electron chi connectivity index (χ2n) is 9.95. The number of rotatable bonds is 3. The van der Waals surface area contributed by atoms with Crippen LogP contribution < -0.4 is 4.90 Å². The summed E-state index contributed by atoms with van der Waals surface area (Å²) in [5, 5.41) is 9.57. The quantitative estimate of drug-likeness (QED) is 0.324. The van der Waals surface area contributed by atoms with Crippen molar-refractivity contribution in [2.75, 3.05) is 11.9 Å². The zero-order valence-electron chi connectivity index (χ0n) is 19.5. The Morgan fingerprint density at radius 3 is 2.38 bits per heavy atom. The predicted octanol–water partition coefficient (Wildman–Crippen LogP) is 3.73. The van der Waals surface area contributed by atoms with E-state index in [-0.39, 0.29) is 42.8 Å². The van der Waals surface area contributed by atoms with Gasteiger partial charge in [-0.2, -0.15) is 0 Å². The maximum atomic E-state index is 13.8. The van der Waals surface area contributed by atoms with Crippen molar-refractivity contribution in [3.8, 4) is 0 Å². The molecule has 2 aliphatic carbocycles. The molecule has 1 N–H and O–H groups in total. The summed E-state index contributed by atoms with van der Waals surface area (Å²) in [7, 11) is 1.33. The summed E-state index contributed by atoms with van der Waals surface area (Å²) < 4.78 is 6.65. The number of nitrogens with zero attached hydrogens (tertiary/aromatic N) is 2. The van der Waals surface area contributed by atoms with Crippen LogP contribution in [0.2, 0.25) is 0 Å². The van der Waals surface area contributed by atoms with Crippen molar-refractivity contribution in [1.82, 2.24) is 4.90 Å². The van der Waals surface area contributed by atoms with Gasteiger partial charge in [-0.05, 0) is 55.2 Å². The lowest BCUT2D eigenvalue weighted by atomic mass is 9.57. The van der Waals surface area contributed by atoms with Gasteiger partial charge in [0.2, 0.25) is 11.8 Å². The van der Waals surface area contributed by atoms with E-state index in [4.69, 9.17) is 27.6 Å². The normalized spacial score (nSPS) is 35.0. The van der Waals surface area contributed by atoms with Crippen LogP contribution in [0.25, 0.3) is 0 Å². The number of likely N-dealkylation sites (tertiary alicyclic amines) is 1. The highest BCUT2D eigenvalue weighted by molar-refractivity contribution is 9.10. The molecule has 37 heavy (non-hydrogen) atoms. The van der Waals surface area contributed by atoms with E-state index in [0.717, 1.165) is 9.37 Å². The van der Waals surface area contributed by atoms with Crippen LogP contribution in [-0.2, 0) is 25.8 Å². The molecule has 4 aliphatic rings. The standard InChI is InChI=1S/C26H21BrCl2N2O6/c1-30-23(35)25(28)10-17-15(20(26(25,29)24(30)36)18-9-6-14(11-32)37-18)7-8-16-19(17)22(34)31(21(16)33)13-4-2-12(27)3-5-13/h2-7,9,16-17,19-20,32H,8,10-11H2,1H3/t16-,17+,19-,20+,25+,26-/m0/s1. The molecule has 6 atom stereocenters. The zero-order valence-corrected chi connectivity index (χ0v) is 22.6. The number of allylic oxidation sites excluding steroid dienone is 2. The molecule has 1 aromatic heterocycles. The lowest BCUT2D eigenvalue weighted by Crippen LogP contribution is -2.60. The summed E-state index contributed by atoms with van der Waals surface area (Å²) in [6.45, 7) is -0.372. The fraction of sp³-hybridized carbons (Fsp3) is 0.385. The summed E-state index contributed by atoms with van der Waals surface area (Å²) in [5.41, 5.74) is 1.10. The highest BCUT2D eigenvalue weighted by Gasteiger charge is 2.76. The van der Waals surface area contributed by atoms with E-state index in [2.05, 4.69) is 15.9 Å². The summed E-state index contributed by atoms with van der Waals surface area (Å²) in [4.78, 5) is 52.5. The maximum Gasteiger partial charge on any atom is 0.253 e. The zero-order chi connectivity index (χ0) is 26.4. The molecule has 11 heteroatoms. The van der Waals surface area contributed by atoms with Crippen LogP contribution in [0.4, 0.5) is 5.69 Å². The number of halogens is 3. The van der Waals surface area contributed by atoms with Crippen LogP contribution in [0.15, 0.2) is 56.9 Å². The van der Waals surface area contributed by atoms with E-state index in [1.807, 2.05) is 6.08 Å². The first-order valence-corrected chi connectivity index (χ1v) is 13.3. The molecule has 8 nitrogen and oxygen atoms in total. The molecule has 2 saturated heterocycles. The molecule has 4 amide bonds. The number of hydrogen-bond donors (Lipinski definition) is 1. The molecule has 0 unspecified atom stereocenters.